The van der Waals surface area contributed by atoms with Crippen molar-refractivity contribution in [1.82, 2.24) is 0 Å². The molecule has 4 heteroatoms. The molecule has 0 atom stereocenters. The van der Waals surface area contributed by atoms with Gasteiger partial charge < -0.3 is 9.16 Å². The average molecular weight is 321 g/mol. The molecule has 0 aliphatic heterocycles. The van der Waals surface area contributed by atoms with E-state index in [-0.39, 0.29) is 11.0 Å². The van der Waals surface area contributed by atoms with Crippen LogP contribution in [-0.2, 0) is 16.0 Å². The molecule has 3 nitrogen and oxygen atoms in total. The van der Waals surface area contributed by atoms with Crippen LogP contribution >= 0.6 is 0 Å². The Morgan fingerprint density at radius 1 is 1.23 bits per heavy atom. The Balaban J connectivity index is 2.28. The molecule has 2 rings (SSSR count). The van der Waals surface area contributed by atoms with Gasteiger partial charge in [-0.05, 0) is 60.2 Å². The van der Waals surface area contributed by atoms with E-state index in [1.54, 1.807) is 0 Å². The molecule has 0 N–H and O–H groups in total. The number of carbonyl (C=O) groups excluding carboxylic acids is 1. The van der Waals surface area contributed by atoms with Crippen LogP contribution in [-0.4, -0.2) is 21.4 Å². The molecule has 0 bridgehead atoms. The third-order valence-electron chi connectivity index (χ3n) is 4.79. The van der Waals surface area contributed by atoms with Crippen LogP contribution < -0.4 is 4.43 Å². The van der Waals surface area contributed by atoms with Crippen LogP contribution in [0, 0.1) is 0 Å². The van der Waals surface area contributed by atoms with E-state index >= 15 is 0 Å². The van der Waals surface area contributed by atoms with Crippen molar-refractivity contribution in [2.24, 2.45) is 0 Å². The topological polar surface area (TPSA) is 35.5 Å². The van der Waals surface area contributed by atoms with Crippen LogP contribution in [0.2, 0.25) is 18.1 Å². The third kappa shape index (κ3) is 4.13. The molecule has 1 aromatic carbocycles. The van der Waals surface area contributed by atoms with Gasteiger partial charge in [0.15, 0.2) is 0 Å². The van der Waals surface area contributed by atoms with Crippen molar-refractivity contribution in [2.75, 3.05) is 7.11 Å². The minimum Gasteiger partial charge on any atom is -0.543 e. The van der Waals surface area contributed by atoms with E-state index in [1.165, 1.54) is 25.5 Å². The average Bonchev–Trinajstić information content (AvgIpc) is 3.20. The molecule has 0 heterocycles. The summed E-state index contributed by atoms with van der Waals surface area (Å²) < 4.78 is 11.2. The first kappa shape index (κ1) is 17.1. The van der Waals surface area contributed by atoms with Gasteiger partial charge in [0.05, 0.1) is 13.5 Å². The first-order valence-corrected chi connectivity index (χ1v) is 10.9. The lowest BCUT2D eigenvalue weighted by Crippen LogP contribution is -2.43. The number of benzene rings is 1. The lowest BCUT2D eigenvalue weighted by Gasteiger charge is -2.36. The summed E-state index contributed by atoms with van der Waals surface area (Å²) in [6.45, 7) is 11.2. The fourth-order valence-electron chi connectivity index (χ4n) is 2.19. The molecule has 0 amide bonds. The van der Waals surface area contributed by atoms with Crippen LogP contribution in [0.5, 0.6) is 5.75 Å². The van der Waals surface area contributed by atoms with Crippen molar-refractivity contribution < 1.29 is 14.0 Å². The maximum atomic E-state index is 11.6. The van der Waals surface area contributed by atoms with Crippen molar-refractivity contribution in [3.63, 3.8) is 0 Å². The molecule has 0 spiro atoms. The van der Waals surface area contributed by atoms with Crippen LogP contribution in [0.4, 0.5) is 0 Å². The third-order valence-corrected chi connectivity index (χ3v) is 9.15. The van der Waals surface area contributed by atoms with Crippen molar-refractivity contribution in [2.45, 2.75) is 64.1 Å². The molecule has 0 unspecified atom stereocenters. The summed E-state index contributed by atoms with van der Waals surface area (Å²) in [4.78, 5) is 11.6. The van der Waals surface area contributed by atoms with E-state index < -0.39 is 8.32 Å². The smallest absolute Gasteiger partial charge is 0.309 e. The first-order valence-electron chi connectivity index (χ1n) is 8.02. The van der Waals surface area contributed by atoms with Gasteiger partial charge in [0.1, 0.15) is 5.75 Å². The largest absolute Gasteiger partial charge is 0.543 e. The highest BCUT2D eigenvalue weighted by atomic mass is 28.4. The lowest BCUT2D eigenvalue weighted by molar-refractivity contribution is -0.139. The maximum Gasteiger partial charge on any atom is 0.309 e. The molecule has 122 valence electrons. The Bertz CT molecular complexity index is 554. The van der Waals surface area contributed by atoms with Gasteiger partial charge in [-0.1, -0.05) is 26.8 Å². The number of esters is 1. The summed E-state index contributed by atoms with van der Waals surface area (Å²) in [5.74, 6) is 1.35. The summed E-state index contributed by atoms with van der Waals surface area (Å²) in [7, 11) is -0.440. The Morgan fingerprint density at radius 2 is 1.86 bits per heavy atom. The highest BCUT2D eigenvalue weighted by Gasteiger charge is 2.39. The Labute approximate surface area is 135 Å². The van der Waals surface area contributed by atoms with E-state index in [4.69, 9.17) is 9.16 Å². The molecule has 0 radical (unpaired) electrons. The fourth-order valence-corrected chi connectivity index (χ4v) is 3.20. The zero-order chi connectivity index (χ0) is 16.5. The molecule has 0 aromatic heterocycles. The Kier molecular flexibility index (Phi) is 4.71. The second-order valence-electron chi connectivity index (χ2n) is 7.80. The minimum atomic E-state index is -1.87. The molecule has 0 saturated heterocycles. The molecule has 1 aliphatic carbocycles. The van der Waals surface area contributed by atoms with Crippen LogP contribution in [0.25, 0.3) is 0 Å². The predicted molar refractivity (Wildman–Crippen MR) is 92.0 cm³/mol. The summed E-state index contributed by atoms with van der Waals surface area (Å²) in [5.41, 5.74) is 2.29. The zero-order valence-corrected chi connectivity index (χ0v) is 15.7. The minimum absolute atomic E-state index is 0.158. The standard InChI is InChI=1S/C18H28O3Si/c1-18(2,3)22(5,6)21-16-10-13(11-17(19)20-4)9-15(12-16)14-7-8-14/h9-10,12,14H,7-8,11H2,1-6H3. The van der Waals surface area contributed by atoms with Crippen molar-refractivity contribution in [3.05, 3.63) is 29.3 Å². The summed E-state index contributed by atoms with van der Waals surface area (Å²) in [5, 5.41) is 0.158. The van der Waals surface area contributed by atoms with Gasteiger partial charge in [0.2, 0.25) is 8.32 Å². The number of hydrogen-bond acceptors (Lipinski definition) is 3. The van der Waals surface area contributed by atoms with Crippen molar-refractivity contribution in [1.29, 1.82) is 0 Å². The second-order valence-corrected chi connectivity index (χ2v) is 12.5. The number of carbonyl (C=O) groups is 1. The summed E-state index contributed by atoms with van der Waals surface area (Å²) >= 11 is 0. The van der Waals surface area contributed by atoms with E-state index in [2.05, 4.69) is 46.0 Å². The van der Waals surface area contributed by atoms with Crippen LogP contribution in [0.3, 0.4) is 0 Å². The summed E-state index contributed by atoms with van der Waals surface area (Å²) in [6, 6.07) is 6.30. The molecule has 22 heavy (non-hydrogen) atoms. The van der Waals surface area contributed by atoms with Gasteiger partial charge in [-0.25, -0.2) is 0 Å². The number of hydrogen-bond donors (Lipinski definition) is 0. The fraction of sp³-hybridized carbons (Fsp3) is 0.611. The quantitative estimate of drug-likeness (QED) is 0.584. The van der Waals surface area contributed by atoms with E-state index in [0.29, 0.717) is 12.3 Å². The number of ether oxygens (including phenoxy) is 1. The monoisotopic (exact) mass is 320 g/mol. The number of rotatable bonds is 5. The molecular formula is C18H28O3Si. The zero-order valence-electron chi connectivity index (χ0n) is 14.7. The second kappa shape index (κ2) is 6.07. The Hall–Kier alpha value is -1.29. The Morgan fingerprint density at radius 3 is 2.36 bits per heavy atom. The normalized spacial score (nSPS) is 15.5. The van der Waals surface area contributed by atoms with Gasteiger partial charge in [0, 0.05) is 0 Å². The van der Waals surface area contributed by atoms with Crippen molar-refractivity contribution >= 4 is 14.3 Å². The molecule has 1 aliphatic rings. The van der Waals surface area contributed by atoms with Gasteiger partial charge in [-0.3, -0.25) is 4.79 Å². The predicted octanol–water partition coefficient (Wildman–Crippen LogP) is 4.66. The van der Waals surface area contributed by atoms with Gasteiger partial charge >= 0.3 is 5.97 Å². The van der Waals surface area contributed by atoms with E-state index in [1.807, 2.05) is 6.07 Å². The summed E-state index contributed by atoms with van der Waals surface area (Å²) in [6.07, 6.45) is 2.79. The highest BCUT2D eigenvalue weighted by molar-refractivity contribution is 6.74. The van der Waals surface area contributed by atoms with E-state index in [0.717, 1.165) is 11.3 Å². The molecular weight excluding hydrogens is 292 g/mol. The van der Waals surface area contributed by atoms with Gasteiger partial charge in [0.25, 0.3) is 0 Å². The van der Waals surface area contributed by atoms with Gasteiger partial charge in [-0.2, -0.15) is 0 Å². The SMILES string of the molecule is COC(=O)Cc1cc(O[Si](C)(C)C(C)(C)C)cc(C2CC2)c1. The molecule has 1 fully saturated rings. The van der Waals surface area contributed by atoms with Gasteiger partial charge in [-0.15, -0.1) is 0 Å². The highest BCUT2D eigenvalue weighted by Crippen LogP contribution is 2.43. The maximum absolute atomic E-state index is 11.6. The first-order chi connectivity index (χ1) is 10.1. The lowest BCUT2D eigenvalue weighted by atomic mass is 10.0. The van der Waals surface area contributed by atoms with Crippen molar-refractivity contribution in [3.8, 4) is 5.75 Å². The number of methoxy groups -OCH3 is 1. The van der Waals surface area contributed by atoms with E-state index in [9.17, 15) is 4.79 Å². The molecule has 1 aromatic rings. The van der Waals surface area contributed by atoms with Crippen LogP contribution in [0.1, 0.15) is 50.7 Å². The van der Waals surface area contributed by atoms with Crippen LogP contribution in [0.15, 0.2) is 18.2 Å². The molecule has 1 saturated carbocycles.